The van der Waals surface area contributed by atoms with E-state index in [2.05, 4.69) is 0 Å². The van der Waals surface area contributed by atoms with Crippen LogP contribution in [0, 0.1) is 0 Å². The van der Waals surface area contributed by atoms with Crippen LogP contribution in [0.2, 0.25) is 0 Å². The molecule has 0 heterocycles. The minimum Gasteiger partial charge on any atom is -0.507 e. The summed E-state index contributed by atoms with van der Waals surface area (Å²) in [7, 11) is 0. The Balaban J connectivity index is 2.51. The molecule has 0 aliphatic carbocycles. The average molecular weight is 268 g/mol. The van der Waals surface area contributed by atoms with E-state index in [1.165, 1.54) is 6.08 Å². The van der Waals surface area contributed by atoms with Gasteiger partial charge in [0.2, 0.25) is 0 Å². The minimum atomic E-state index is -0.422. The predicted octanol–water partition coefficient (Wildman–Crippen LogP) is 3.39. The van der Waals surface area contributed by atoms with Crippen LogP contribution in [-0.2, 0) is 9.53 Å². The third kappa shape index (κ3) is 3.26. The zero-order valence-electron chi connectivity index (χ0n) is 11.2. The van der Waals surface area contributed by atoms with E-state index in [9.17, 15) is 9.90 Å². The lowest BCUT2D eigenvalue weighted by Gasteiger charge is -2.10. The summed E-state index contributed by atoms with van der Waals surface area (Å²) in [4.78, 5) is 11.7. The van der Waals surface area contributed by atoms with Crippen molar-refractivity contribution < 1.29 is 14.6 Å². The molecule has 0 saturated carbocycles. The minimum absolute atomic E-state index is 0.131. The first-order valence-corrected chi connectivity index (χ1v) is 6.44. The quantitative estimate of drug-likeness (QED) is 0.683. The zero-order chi connectivity index (χ0) is 14.4. The molecule has 0 saturated heterocycles. The van der Waals surface area contributed by atoms with Crippen molar-refractivity contribution in [2.75, 3.05) is 6.61 Å². The molecule has 0 aromatic heterocycles. The fraction of sp³-hybridized carbons (Fsp3) is 0.118. The summed E-state index contributed by atoms with van der Waals surface area (Å²) in [5, 5.41) is 9.99. The molecule has 0 fully saturated rings. The second-order valence-electron chi connectivity index (χ2n) is 4.19. The standard InChI is InChI=1S/C17H16O3/c1-2-20-17(19)12-15(13-8-4-3-5-9-13)14-10-6-7-11-16(14)18/h3-12,18H,2H2,1H3/b15-12+. The van der Waals surface area contributed by atoms with Gasteiger partial charge in [-0.3, -0.25) is 0 Å². The van der Waals surface area contributed by atoms with Gasteiger partial charge in [0.25, 0.3) is 0 Å². The number of carbonyl (C=O) groups excluding carboxylic acids is 1. The highest BCUT2D eigenvalue weighted by molar-refractivity contribution is 5.97. The van der Waals surface area contributed by atoms with Crippen molar-refractivity contribution in [2.24, 2.45) is 0 Å². The fourth-order valence-corrected chi connectivity index (χ4v) is 1.94. The van der Waals surface area contributed by atoms with Crippen LogP contribution in [0.4, 0.5) is 0 Å². The zero-order valence-corrected chi connectivity index (χ0v) is 11.2. The molecule has 2 aromatic rings. The Morgan fingerprint density at radius 1 is 1.10 bits per heavy atom. The summed E-state index contributed by atoms with van der Waals surface area (Å²) < 4.78 is 4.96. The van der Waals surface area contributed by atoms with Gasteiger partial charge < -0.3 is 9.84 Å². The number of rotatable bonds is 4. The van der Waals surface area contributed by atoms with Crippen LogP contribution in [0.1, 0.15) is 18.1 Å². The number of esters is 1. The Labute approximate surface area is 118 Å². The molecule has 3 heteroatoms. The van der Waals surface area contributed by atoms with Gasteiger partial charge in [0.05, 0.1) is 6.61 Å². The maximum Gasteiger partial charge on any atom is 0.331 e. The highest BCUT2D eigenvalue weighted by Crippen LogP contribution is 2.30. The van der Waals surface area contributed by atoms with Gasteiger partial charge in [-0.15, -0.1) is 0 Å². The van der Waals surface area contributed by atoms with E-state index in [0.29, 0.717) is 17.7 Å². The molecule has 0 spiro atoms. The first-order valence-electron chi connectivity index (χ1n) is 6.44. The molecule has 1 N–H and O–H groups in total. The topological polar surface area (TPSA) is 46.5 Å². The molecule has 0 atom stereocenters. The number of hydrogen-bond acceptors (Lipinski definition) is 3. The number of hydrogen-bond donors (Lipinski definition) is 1. The van der Waals surface area contributed by atoms with Crippen molar-refractivity contribution in [2.45, 2.75) is 6.92 Å². The van der Waals surface area contributed by atoms with Crippen LogP contribution in [-0.4, -0.2) is 17.7 Å². The molecule has 2 aromatic carbocycles. The molecule has 0 aliphatic rings. The van der Waals surface area contributed by atoms with Crippen LogP contribution in [0.3, 0.4) is 0 Å². The number of phenolic OH excluding ortho intramolecular Hbond substituents is 1. The molecule has 0 unspecified atom stereocenters. The van der Waals surface area contributed by atoms with Crippen molar-refractivity contribution >= 4 is 11.5 Å². The average Bonchev–Trinajstić information content (AvgIpc) is 2.47. The van der Waals surface area contributed by atoms with Crippen molar-refractivity contribution in [1.29, 1.82) is 0 Å². The molecule has 0 bridgehead atoms. The maximum absolute atomic E-state index is 11.7. The van der Waals surface area contributed by atoms with E-state index < -0.39 is 5.97 Å². The summed E-state index contributed by atoms with van der Waals surface area (Å²) >= 11 is 0. The van der Waals surface area contributed by atoms with Gasteiger partial charge >= 0.3 is 5.97 Å². The number of benzene rings is 2. The van der Waals surface area contributed by atoms with E-state index in [0.717, 1.165) is 5.56 Å². The van der Waals surface area contributed by atoms with Gasteiger partial charge in [-0.1, -0.05) is 48.5 Å². The smallest absolute Gasteiger partial charge is 0.331 e. The second-order valence-corrected chi connectivity index (χ2v) is 4.19. The highest BCUT2D eigenvalue weighted by atomic mass is 16.5. The molecule has 0 radical (unpaired) electrons. The van der Waals surface area contributed by atoms with E-state index >= 15 is 0 Å². The molecular weight excluding hydrogens is 252 g/mol. The van der Waals surface area contributed by atoms with Gasteiger partial charge in [-0.25, -0.2) is 4.79 Å². The normalized spacial score (nSPS) is 11.2. The van der Waals surface area contributed by atoms with Crippen molar-refractivity contribution in [3.05, 3.63) is 71.8 Å². The Bertz CT molecular complexity index is 615. The Kier molecular flexibility index (Phi) is 4.56. The molecule has 102 valence electrons. The van der Waals surface area contributed by atoms with Gasteiger partial charge in [0, 0.05) is 11.6 Å². The summed E-state index contributed by atoms with van der Waals surface area (Å²) in [6.07, 6.45) is 1.41. The van der Waals surface area contributed by atoms with Crippen molar-refractivity contribution in [3.63, 3.8) is 0 Å². The second kappa shape index (κ2) is 6.57. The van der Waals surface area contributed by atoms with Crippen LogP contribution in [0.25, 0.3) is 5.57 Å². The lowest BCUT2D eigenvalue weighted by Crippen LogP contribution is -2.02. The third-order valence-electron chi connectivity index (χ3n) is 2.83. The van der Waals surface area contributed by atoms with E-state index in [4.69, 9.17) is 4.74 Å². The third-order valence-corrected chi connectivity index (χ3v) is 2.83. The monoisotopic (exact) mass is 268 g/mol. The highest BCUT2D eigenvalue weighted by Gasteiger charge is 2.11. The molecule has 3 nitrogen and oxygen atoms in total. The van der Waals surface area contributed by atoms with Crippen LogP contribution in [0.15, 0.2) is 60.7 Å². The first kappa shape index (κ1) is 13.9. The molecule has 2 rings (SSSR count). The van der Waals surface area contributed by atoms with Crippen LogP contribution >= 0.6 is 0 Å². The lowest BCUT2D eigenvalue weighted by molar-refractivity contribution is -0.137. The summed E-state index contributed by atoms with van der Waals surface area (Å²) in [5.74, 6) is -0.290. The number of aromatic hydroxyl groups is 1. The Morgan fingerprint density at radius 3 is 2.40 bits per heavy atom. The Morgan fingerprint density at radius 2 is 1.75 bits per heavy atom. The maximum atomic E-state index is 11.7. The van der Waals surface area contributed by atoms with Gasteiger partial charge in [-0.2, -0.15) is 0 Å². The molecule has 0 amide bonds. The van der Waals surface area contributed by atoms with Gasteiger partial charge in [-0.05, 0) is 24.1 Å². The molecular formula is C17H16O3. The number of para-hydroxylation sites is 1. The van der Waals surface area contributed by atoms with Crippen molar-refractivity contribution in [1.82, 2.24) is 0 Å². The number of ether oxygens (including phenoxy) is 1. The fourth-order valence-electron chi connectivity index (χ4n) is 1.94. The number of carbonyl (C=O) groups is 1. The van der Waals surface area contributed by atoms with E-state index in [1.807, 2.05) is 36.4 Å². The first-order chi connectivity index (χ1) is 9.72. The summed E-state index contributed by atoms with van der Waals surface area (Å²) in [5.41, 5.74) is 2.09. The number of phenols is 1. The molecule has 20 heavy (non-hydrogen) atoms. The lowest BCUT2D eigenvalue weighted by atomic mass is 9.97. The predicted molar refractivity (Wildman–Crippen MR) is 78.3 cm³/mol. The van der Waals surface area contributed by atoms with Gasteiger partial charge in [0.15, 0.2) is 0 Å². The van der Waals surface area contributed by atoms with Crippen LogP contribution < -0.4 is 0 Å². The van der Waals surface area contributed by atoms with Crippen molar-refractivity contribution in [3.8, 4) is 5.75 Å². The SMILES string of the molecule is CCOC(=O)/C=C(\c1ccccc1)c1ccccc1O. The van der Waals surface area contributed by atoms with Gasteiger partial charge in [0.1, 0.15) is 5.75 Å². The summed E-state index contributed by atoms with van der Waals surface area (Å²) in [6.45, 7) is 2.08. The summed E-state index contributed by atoms with van der Waals surface area (Å²) in [6, 6.07) is 16.4. The van der Waals surface area contributed by atoms with E-state index in [-0.39, 0.29) is 5.75 Å². The molecule has 0 aliphatic heterocycles. The van der Waals surface area contributed by atoms with E-state index in [1.54, 1.807) is 25.1 Å². The Hall–Kier alpha value is -2.55. The van der Waals surface area contributed by atoms with Crippen LogP contribution in [0.5, 0.6) is 5.75 Å². The largest absolute Gasteiger partial charge is 0.507 e.